The molecule has 1 saturated carbocycles. The van der Waals surface area contributed by atoms with Crippen LogP contribution in [0.15, 0.2) is 0 Å². The highest BCUT2D eigenvalue weighted by atomic mass is 16.1. The van der Waals surface area contributed by atoms with Crippen molar-refractivity contribution in [2.45, 2.75) is 45.2 Å². The monoisotopic (exact) mass is 213 g/mol. The van der Waals surface area contributed by atoms with Crippen molar-refractivity contribution >= 4 is 5.91 Å². The van der Waals surface area contributed by atoms with E-state index in [9.17, 15) is 4.79 Å². The molecule has 0 aromatic carbocycles. The summed E-state index contributed by atoms with van der Waals surface area (Å²) in [7, 11) is 0. The lowest BCUT2D eigenvalue weighted by molar-refractivity contribution is -0.120. The molecule has 1 aliphatic rings. The van der Waals surface area contributed by atoms with E-state index in [1.807, 2.05) is 0 Å². The Bertz CT molecular complexity index is 206. The van der Waals surface area contributed by atoms with Crippen molar-refractivity contribution in [3.63, 3.8) is 0 Å². The summed E-state index contributed by atoms with van der Waals surface area (Å²) in [5.41, 5.74) is 5.79. The average Bonchev–Trinajstić information content (AvgIpc) is 2.58. The largest absolute Gasteiger partial charge is 0.355 e. The molecule has 2 atom stereocenters. The average molecular weight is 213 g/mol. The van der Waals surface area contributed by atoms with Gasteiger partial charge in [-0.15, -0.1) is 0 Å². The number of rotatable bonds is 5. The maximum absolute atomic E-state index is 11.4. The Kier molecular flexibility index (Phi) is 5.05. The molecule has 0 bridgehead atoms. The SMILES string of the molecule is CC(C)CNC(=O)CNC1CCC(N)C1. The summed E-state index contributed by atoms with van der Waals surface area (Å²) in [6.45, 7) is 5.35. The predicted octanol–water partition coefficient (Wildman–Crippen LogP) is 0.228. The van der Waals surface area contributed by atoms with Gasteiger partial charge in [0.1, 0.15) is 0 Å². The molecule has 0 aromatic heterocycles. The molecule has 2 unspecified atom stereocenters. The lowest BCUT2D eigenvalue weighted by Gasteiger charge is -2.12. The van der Waals surface area contributed by atoms with Gasteiger partial charge < -0.3 is 16.4 Å². The van der Waals surface area contributed by atoms with E-state index in [1.165, 1.54) is 0 Å². The van der Waals surface area contributed by atoms with E-state index < -0.39 is 0 Å². The Morgan fingerprint density at radius 2 is 2.20 bits per heavy atom. The van der Waals surface area contributed by atoms with Crippen LogP contribution in [0.5, 0.6) is 0 Å². The van der Waals surface area contributed by atoms with Gasteiger partial charge in [0, 0.05) is 18.6 Å². The third-order valence-electron chi connectivity index (χ3n) is 2.73. The third-order valence-corrected chi connectivity index (χ3v) is 2.73. The first-order valence-corrected chi connectivity index (χ1v) is 5.83. The summed E-state index contributed by atoms with van der Waals surface area (Å²) >= 11 is 0. The van der Waals surface area contributed by atoms with Crippen LogP contribution in [0, 0.1) is 5.92 Å². The van der Waals surface area contributed by atoms with Gasteiger partial charge in [0.05, 0.1) is 6.54 Å². The molecule has 4 nitrogen and oxygen atoms in total. The topological polar surface area (TPSA) is 67.2 Å². The van der Waals surface area contributed by atoms with Crippen LogP contribution in [0.3, 0.4) is 0 Å². The van der Waals surface area contributed by atoms with Crippen molar-refractivity contribution < 1.29 is 4.79 Å². The fourth-order valence-electron chi connectivity index (χ4n) is 1.82. The van der Waals surface area contributed by atoms with Gasteiger partial charge in [-0.1, -0.05) is 13.8 Å². The predicted molar refractivity (Wildman–Crippen MR) is 61.5 cm³/mol. The zero-order chi connectivity index (χ0) is 11.3. The van der Waals surface area contributed by atoms with Crippen LogP contribution in [0.1, 0.15) is 33.1 Å². The minimum atomic E-state index is 0.0872. The Morgan fingerprint density at radius 3 is 2.73 bits per heavy atom. The Labute approximate surface area is 92.0 Å². The van der Waals surface area contributed by atoms with Crippen molar-refractivity contribution in [3.8, 4) is 0 Å². The van der Waals surface area contributed by atoms with Crippen LogP contribution >= 0.6 is 0 Å². The van der Waals surface area contributed by atoms with Crippen molar-refractivity contribution in [1.82, 2.24) is 10.6 Å². The number of nitrogens with two attached hydrogens (primary N) is 1. The van der Waals surface area contributed by atoms with E-state index >= 15 is 0 Å². The second-order valence-electron chi connectivity index (χ2n) is 4.85. The number of nitrogens with one attached hydrogen (secondary N) is 2. The van der Waals surface area contributed by atoms with E-state index in [4.69, 9.17) is 5.73 Å². The molecule has 0 spiro atoms. The summed E-state index contributed by atoms with van der Waals surface area (Å²) < 4.78 is 0. The van der Waals surface area contributed by atoms with Gasteiger partial charge in [-0.2, -0.15) is 0 Å². The number of hydrogen-bond acceptors (Lipinski definition) is 3. The molecular formula is C11H23N3O. The third kappa shape index (κ3) is 5.14. The van der Waals surface area contributed by atoms with Crippen molar-refractivity contribution in [2.75, 3.05) is 13.1 Å². The minimum absolute atomic E-state index is 0.0872. The first-order chi connectivity index (χ1) is 7.08. The van der Waals surface area contributed by atoms with Gasteiger partial charge in [0.25, 0.3) is 0 Å². The molecule has 0 heterocycles. The fourth-order valence-corrected chi connectivity index (χ4v) is 1.82. The summed E-state index contributed by atoms with van der Waals surface area (Å²) in [6.07, 6.45) is 3.17. The van der Waals surface area contributed by atoms with Crippen molar-refractivity contribution in [1.29, 1.82) is 0 Å². The first-order valence-electron chi connectivity index (χ1n) is 5.83. The minimum Gasteiger partial charge on any atom is -0.355 e. The zero-order valence-electron chi connectivity index (χ0n) is 9.75. The Morgan fingerprint density at radius 1 is 1.47 bits per heavy atom. The number of carbonyl (C=O) groups excluding carboxylic acids is 1. The fraction of sp³-hybridized carbons (Fsp3) is 0.909. The van der Waals surface area contributed by atoms with Crippen LogP contribution < -0.4 is 16.4 Å². The van der Waals surface area contributed by atoms with Gasteiger partial charge in [-0.05, 0) is 25.2 Å². The zero-order valence-corrected chi connectivity index (χ0v) is 9.75. The molecule has 15 heavy (non-hydrogen) atoms. The van der Waals surface area contributed by atoms with Crippen LogP contribution in [0.2, 0.25) is 0 Å². The van der Waals surface area contributed by atoms with Crippen molar-refractivity contribution in [2.24, 2.45) is 11.7 Å². The van der Waals surface area contributed by atoms with Crippen LogP contribution in [-0.2, 0) is 4.79 Å². The van der Waals surface area contributed by atoms with E-state index in [2.05, 4.69) is 24.5 Å². The molecule has 4 heteroatoms. The van der Waals surface area contributed by atoms with E-state index in [-0.39, 0.29) is 5.91 Å². The molecule has 4 N–H and O–H groups in total. The maximum Gasteiger partial charge on any atom is 0.233 e. The summed E-state index contributed by atoms with van der Waals surface area (Å²) in [4.78, 5) is 11.4. The standard InChI is InChI=1S/C11H23N3O/c1-8(2)6-14-11(15)7-13-10-4-3-9(12)5-10/h8-10,13H,3-7,12H2,1-2H3,(H,14,15). The molecule has 0 saturated heterocycles. The first kappa shape index (κ1) is 12.5. The molecule has 1 rings (SSSR count). The van der Waals surface area contributed by atoms with E-state index in [0.29, 0.717) is 24.5 Å². The highest BCUT2D eigenvalue weighted by molar-refractivity contribution is 5.77. The maximum atomic E-state index is 11.4. The highest BCUT2D eigenvalue weighted by Gasteiger charge is 2.21. The lowest BCUT2D eigenvalue weighted by Crippen LogP contribution is -2.39. The van der Waals surface area contributed by atoms with Gasteiger partial charge in [0.2, 0.25) is 5.91 Å². The molecule has 88 valence electrons. The van der Waals surface area contributed by atoms with Crippen LogP contribution in [-0.4, -0.2) is 31.1 Å². The second kappa shape index (κ2) is 6.08. The molecule has 0 aliphatic heterocycles. The molecule has 1 aliphatic carbocycles. The van der Waals surface area contributed by atoms with Gasteiger partial charge >= 0.3 is 0 Å². The normalized spacial score (nSPS) is 25.9. The Balaban J connectivity index is 2.06. The molecule has 1 fully saturated rings. The Hall–Kier alpha value is -0.610. The van der Waals surface area contributed by atoms with E-state index in [0.717, 1.165) is 25.8 Å². The number of carbonyl (C=O) groups is 1. The summed E-state index contributed by atoms with van der Waals surface area (Å²) in [5.74, 6) is 0.595. The van der Waals surface area contributed by atoms with Crippen LogP contribution in [0.25, 0.3) is 0 Å². The molecule has 0 radical (unpaired) electrons. The highest BCUT2D eigenvalue weighted by Crippen LogP contribution is 2.16. The van der Waals surface area contributed by atoms with Gasteiger partial charge in [-0.25, -0.2) is 0 Å². The molecule has 0 aromatic rings. The van der Waals surface area contributed by atoms with Gasteiger partial charge in [0.15, 0.2) is 0 Å². The lowest BCUT2D eigenvalue weighted by atomic mass is 10.2. The van der Waals surface area contributed by atoms with Crippen molar-refractivity contribution in [3.05, 3.63) is 0 Å². The summed E-state index contributed by atoms with van der Waals surface area (Å²) in [6, 6.07) is 0.756. The molecular weight excluding hydrogens is 190 g/mol. The van der Waals surface area contributed by atoms with Crippen LogP contribution in [0.4, 0.5) is 0 Å². The number of amides is 1. The second-order valence-corrected chi connectivity index (χ2v) is 4.85. The summed E-state index contributed by atoms with van der Waals surface area (Å²) in [5, 5.41) is 6.13. The smallest absolute Gasteiger partial charge is 0.233 e. The van der Waals surface area contributed by atoms with E-state index in [1.54, 1.807) is 0 Å². The molecule has 1 amide bonds. The quantitative estimate of drug-likeness (QED) is 0.612. The van der Waals surface area contributed by atoms with Gasteiger partial charge in [-0.3, -0.25) is 4.79 Å². The number of hydrogen-bond donors (Lipinski definition) is 3.